The number of anilines is 1. The summed E-state index contributed by atoms with van der Waals surface area (Å²) >= 11 is 1.04. The highest BCUT2D eigenvalue weighted by Crippen LogP contribution is 2.33. The van der Waals surface area contributed by atoms with Gasteiger partial charge in [0.1, 0.15) is 6.33 Å². The maximum Gasteiger partial charge on any atom is 0.280 e. The molecule has 148 valence electrons. The number of carbonyl (C=O) groups excluding carboxylic acids is 1. The van der Waals surface area contributed by atoms with E-state index in [2.05, 4.69) is 19.8 Å². The molecule has 1 aromatic carbocycles. The van der Waals surface area contributed by atoms with Crippen LogP contribution in [0.15, 0.2) is 40.6 Å². The van der Waals surface area contributed by atoms with E-state index in [0.717, 1.165) is 11.5 Å². The van der Waals surface area contributed by atoms with Crippen molar-refractivity contribution in [1.29, 1.82) is 0 Å². The van der Waals surface area contributed by atoms with E-state index in [1.54, 1.807) is 12.1 Å². The van der Waals surface area contributed by atoms with Crippen molar-refractivity contribution in [1.82, 2.24) is 9.36 Å². The molecule has 1 aliphatic heterocycles. The molecule has 0 bridgehead atoms. The van der Waals surface area contributed by atoms with Gasteiger partial charge < -0.3 is 9.57 Å². The SMILES string of the molecule is O=C(Nc1ncns1)/C(=N/OC1CCOC1)c1ccc(S(=O)(=O)C2CC2)cc1. The second kappa shape index (κ2) is 7.94. The zero-order chi connectivity index (χ0) is 19.6. The van der Waals surface area contributed by atoms with Gasteiger partial charge in [-0.1, -0.05) is 17.3 Å². The van der Waals surface area contributed by atoms with Crippen molar-refractivity contribution in [3.05, 3.63) is 36.2 Å². The molecule has 11 heteroatoms. The second-order valence-electron chi connectivity index (χ2n) is 6.50. The molecule has 1 amide bonds. The molecule has 1 saturated carbocycles. The Hall–Kier alpha value is -2.37. The van der Waals surface area contributed by atoms with Gasteiger partial charge in [0.05, 0.1) is 23.4 Å². The van der Waals surface area contributed by atoms with Crippen LogP contribution in [0.25, 0.3) is 0 Å². The van der Waals surface area contributed by atoms with Crippen molar-refractivity contribution >= 4 is 38.1 Å². The summed E-state index contributed by atoms with van der Waals surface area (Å²) in [7, 11) is -3.30. The van der Waals surface area contributed by atoms with Gasteiger partial charge in [0.2, 0.25) is 5.13 Å². The summed E-state index contributed by atoms with van der Waals surface area (Å²) in [5.41, 5.74) is 0.466. The van der Waals surface area contributed by atoms with Crippen molar-refractivity contribution in [3.63, 3.8) is 0 Å². The molecular formula is C17H18N4O5S2. The fourth-order valence-electron chi connectivity index (χ4n) is 2.71. The van der Waals surface area contributed by atoms with Crippen LogP contribution in [0, 0.1) is 0 Å². The summed E-state index contributed by atoms with van der Waals surface area (Å²) in [5, 5.41) is 6.68. The van der Waals surface area contributed by atoms with Gasteiger partial charge in [-0.15, -0.1) is 0 Å². The predicted molar refractivity (Wildman–Crippen MR) is 102 cm³/mol. The normalized spacial score (nSPS) is 20.1. The number of hydrogen-bond donors (Lipinski definition) is 1. The Morgan fingerprint density at radius 3 is 2.64 bits per heavy atom. The van der Waals surface area contributed by atoms with Gasteiger partial charge >= 0.3 is 0 Å². The monoisotopic (exact) mass is 422 g/mol. The van der Waals surface area contributed by atoms with Gasteiger partial charge in [0.25, 0.3) is 5.91 Å². The summed E-state index contributed by atoms with van der Waals surface area (Å²) in [5.74, 6) is -0.520. The van der Waals surface area contributed by atoms with Crippen LogP contribution in [0.2, 0.25) is 0 Å². The zero-order valence-corrected chi connectivity index (χ0v) is 16.4. The van der Waals surface area contributed by atoms with Gasteiger partial charge in [-0.05, 0) is 25.0 Å². The van der Waals surface area contributed by atoms with E-state index in [1.165, 1.54) is 18.5 Å². The molecular weight excluding hydrogens is 404 g/mol. The van der Waals surface area contributed by atoms with E-state index in [1.807, 2.05) is 0 Å². The minimum absolute atomic E-state index is 0.0254. The number of amides is 1. The molecule has 1 atom stereocenters. The topological polar surface area (TPSA) is 120 Å². The first-order valence-electron chi connectivity index (χ1n) is 8.78. The molecule has 2 aliphatic rings. The van der Waals surface area contributed by atoms with Crippen LogP contribution in [0.3, 0.4) is 0 Å². The Labute approximate surface area is 165 Å². The van der Waals surface area contributed by atoms with Gasteiger partial charge in [0, 0.05) is 23.5 Å². The number of nitrogens with zero attached hydrogens (tertiary/aromatic N) is 3. The quantitative estimate of drug-likeness (QED) is 0.532. The largest absolute Gasteiger partial charge is 0.389 e. The van der Waals surface area contributed by atoms with Crippen LogP contribution in [-0.2, 0) is 24.2 Å². The number of sulfone groups is 1. The molecule has 1 N–H and O–H groups in total. The summed E-state index contributed by atoms with van der Waals surface area (Å²) in [6.45, 7) is 0.994. The average molecular weight is 422 g/mol. The number of ether oxygens (including phenoxy) is 1. The van der Waals surface area contributed by atoms with Crippen LogP contribution < -0.4 is 5.32 Å². The lowest BCUT2D eigenvalue weighted by atomic mass is 10.1. The molecule has 2 aromatic rings. The van der Waals surface area contributed by atoms with Crippen molar-refractivity contribution < 1.29 is 22.8 Å². The number of hydrogen-bond acceptors (Lipinski definition) is 9. The Morgan fingerprint density at radius 1 is 1.25 bits per heavy atom. The maximum absolute atomic E-state index is 12.7. The molecule has 2 fully saturated rings. The van der Waals surface area contributed by atoms with Crippen molar-refractivity contribution in [2.24, 2.45) is 5.16 Å². The first-order chi connectivity index (χ1) is 13.5. The maximum atomic E-state index is 12.7. The third-order valence-corrected chi connectivity index (χ3v) is 7.26. The summed E-state index contributed by atoms with van der Waals surface area (Å²) in [4.78, 5) is 22.3. The summed E-state index contributed by atoms with van der Waals surface area (Å²) in [6, 6.07) is 6.11. The molecule has 1 saturated heterocycles. The van der Waals surface area contributed by atoms with Gasteiger partial charge in [-0.3, -0.25) is 10.1 Å². The first-order valence-corrected chi connectivity index (χ1v) is 11.1. The Balaban J connectivity index is 1.58. The van der Waals surface area contributed by atoms with E-state index in [-0.39, 0.29) is 22.0 Å². The molecule has 1 aliphatic carbocycles. The number of nitrogens with one attached hydrogen (secondary N) is 1. The minimum Gasteiger partial charge on any atom is -0.389 e. The molecule has 9 nitrogen and oxygen atoms in total. The number of oxime groups is 1. The fourth-order valence-corrected chi connectivity index (χ4v) is 4.79. The number of benzene rings is 1. The Bertz CT molecular complexity index is 963. The third-order valence-electron chi connectivity index (χ3n) is 4.40. The molecule has 1 aromatic heterocycles. The van der Waals surface area contributed by atoms with Crippen LogP contribution in [-0.4, -0.2) is 54.0 Å². The van der Waals surface area contributed by atoms with E-state index < -0.39 is 15.7 Å². The van der Waals surface area contributed by atoms with Crippen LogP contribution in [0.5, 0.6) is 0 Å². The fraction of sp³-hybridized carbons (Fsp3) is 0.412. The minimum atomic E-state index is -3.30. The van der Waals surface area contributed by atoms with E-state index in [0.29, 0.717) is 43.2 Å². The Morgan fingerprint density at radius 2 is 2.04 bits per heavy atom. The van der Waals surface area contributed by atoms with Crippen molar-refractivity contribution in [3.8, 4) is 0 Å². The Kier molecular flexibility index (Phi) is 5.38. The predicted octanol–water partition coefficient (Wildman–Crippen LogP) is 1.62. The highest BCUT2D eigenvalue weighted by atomic mass is 32.2. The number of aromatic nitrogens is 2. The standard InChI is InChI=1S/C17H18N4O5S2/c22-16(20-17-18-10-19-27-17)15(21-26-12-7-8-25-9-12)11-1-3-13(4-2-11)28(23,24)14-5-6-14/h1-4,10,12,14H,5-9H2,(H,18,19,20,22)/b21-15+. The van der Waals surface area contributed by atoms with E-state index >= 15 is 0 Å². The average Bonchev–Trinajstić information content (AvgIpc) is 3.20. The van der Waals surface area contributed by atoms with Gasteiger partial charge in [-0.25, -0.2) is 13.4 Å². The molecule has 0 spiro atoms. The summed E-state index contributed by atoms with van der Waals surface area (Å²) in [6.07, 6.45) is 3.18. The molecule has 28 heavy (non-hydrogen) atoms. The van der Waals surface area contributed by atoms with E-state index in [4.69, 9.17) is 9.57 Å². The lowest BCUT2D eigenvalue weighted by Gasteiger charge is -2.10. The lowest BCUT2D eigenvalue weighted by molar-refractivity contribution is -0.110. The molecule has 2 heterocycles. The van der Waals surface area contributed by atoms with E-state index in [9.17, 15) is 13.2 Å². The molecule has 1 unspecified atom stereocenters. The molecule has 4 rings (SSSR count). The van der Waals surface area contributed by atoms with Crippen LogP contribution in [0.4, 0.5) is 5.13 Å². The van der Waals surface area contributed by atoms with Crippen LogP contribution in [0.1, 0.15) is 24.8 Å². The molecule has 0 radical (unpaired) electrons. The number of rotatable bonds is 7. The van der Waals surface area contributed by atoms with Crippen molar-refractivity contribution in [2.45, 2.75) is 35.5 Å². The smallest absolute Gasteiger partial charge is 0.280 e. The first kappa shape index (κ1) is 19.0. The zero-order valence-electron chi connectivity index (χ0n) is 14.8. The second-order valence-corrected chi connectivity index (χ2v) is 9.51. The van der Waals surface area contributed by atoms with Crippen LogP contribution >= 0.6 is 11.5 Å². The number of carbonyl (C=O) groups is 1. The third kappa shape index (κ3) is 4.21. The summed E-state index contributed by atoms with van der Waals surface area (Å²) < 4.78 is 33.8. The van der Waals surface area contributed by atoms with Crippen molar-refractivity contribution in [2.75, 3.05) is 18.5 Å². The van der Waals surface area contributed by atoms with Gasteiger partial charge in [-0.2, -0.15) is 4.37 Å². The van der Waals surface area contributed by atoms with Gasteiger partial charge in [0.15, 0.2) is 21.7 Å². The highest BCUT2D eigenvalue weighted by molar-refractivity contribution is 7.92. The highest BCUT2D eigenvalue weighted by Gasteiger charge is 2.36. The lowest BCUT2D eigenvalue weighted by Crippen LogP contribution is -2.25.